The average molecular weight is 276 g/mol. The van der Waals surface area contributed by atoms with Gasteiger partial charge in [-0.25, -0.2) is 0 Å². The predicted molar refractivity (Wildman–Crippen MR) is 77.4 cm³/mol. The van der Waals surface area contributed by atoms with Gasteiger partial charge in [0.15, 0.2) is 0 Å². The summed E-state index contributed by atoms with van der Waals surface area (Å²) in [6.07, 6.45) is 5.08. The number of nitriles is 1. The first-order chi connectivity index (χ1) is 9.26. The quantitative estimate of drug-likeness (QED) is 0.920. The SMILES string of the molecule is N#Cc1cc(Cl)ccc1NC1CCN(C2CC2)CC1. The Morgan fingerprint density at radius 2 is 1.95 bits per heavy atom. The first kappa shape index (κ1) is 12.8. The van der Waals surface area contributed by atoms with Crippen LogP contribution in [0.25, 0.3) is 0 Å². The van der Waals surface area contributed by atoms with Crippen LogP contribution in [0, 0.1) is 11.3 Å². The molecule has 0 spiro atoms. The van der Waals surface area contributed by atoms with Gasteiger partial charge in [-0.1, -0.05) is 11.6 Å². The molecule has 1 aromatic carbocycles. The first-order valence-corrected chi connectivity index (χ1v) is 7.34. The van der Waals surface area contributed by atoms with Crippen molar-refractivity contribution in [3.8, 4) is 6.07 Å². The van der Waals surface area contributed by atoms with E-state index in [1.165, 1.54) is 25.9 Å². The van der Waals surface area contributed by atoms with E-state index in [4.69, 9.17) is 16.9 Å². The minimum atomic E-state index is 0.475. The van der Waals surface area contributed by atoms with Crippen LogP contribution in [-0.4, -0.2) is 30.1 Å². The lowest BCUT2D eigenvalue weighted by Crippen LogP contribution is -2.40. The number of piperidine rings is 1. The number of nitrogens with one attached hydrogen (secondary N) is 1. The van der Waals surface area contributed by atoms with Crippen molar-refractivity contribution in [2.24, 2.45) is 0 Å². The highest BCUT2D eigenvalue weighted by Gasteiger charge is 2.31. The second-order valence-electron chi connectivity index (χ2n) is 5.49. The zero-order chi connectivity index (χ0) is 13.2. The van der Waals surface area contributed by atoms with Crippen molar-refractivity contribution in [1.29, 1.82) is 5.26 Å². The summed E-state index contributed by atoms with van der Waals surface area (Å²) < 4.78 is 0. The molecule has 1 aliphatic heterocycles. The Hall–Kier alpha value is -1.24. The molecule has 0 bridgehead atoms. The van der Waals surface area contributed by atoms with Gasteiger partial charge >= 0.3 is 0 Å². The molecule has 4 heteroatoms. The van der Waals surface area contributed by atoms with Gasteiger partial charge in [-0.3, -0.25) is 0 Å². The van der Waals surface area contributed by atoms with Crippen molar-refractivity contribution in [2.75, 3.05) is 18.4 Å². The predicted octanol–water partition coefficient (Wildman–Crippen LogP) is 3.25. The van der Waals surface area contributed by atoms with Crippen LogP contribution in [0.5, 0.6) is 0 Å². The summed E-state index contributed by atoms with van der Waals surface area (Å²) in [5, 5.41) is 13.3. The van der Waals surface area contributed by atoms with Crippen LogP contribution in [0.3, 0.4) is 0 Å². The Bertz CT molecular complexity index is 497. The van der Waals surface area contributed by atoms with E-state index in [1.54, 1.807) is 6.07 Å². The van der Waals surface area contributed by atoms with Crippen LogP contribution in [0.1, 0.15) is 31.2 Å². The Kier molecular flexibility index (Phi) is 3.63. The monoisotopic (exact) mass is 275 g/mol. The molecule has 1 saturated heterocycles. The van der Waals surface area contributed by atoms with Gasteiger partial charge in [0.1, 0.15) is 6.07 Å². The topological polar surface area (TPSA) is 39.1 Å². The minimum Gasteiger partial charge on any atom is -0.381 e. The van der Waals surface area contributed by atoms with Gasteiger partial charge in [0.2, 0.25) is 0 Å². The summed E-state index contributed by atoms with van der Waals surface area (Å²) in [5.74, 6) is 0. The van der Waals surface area contributed by atoms with E-state index in [0.29, 0.717) is 16.6 Å². The minimum absolute atomic E-state index is 0.475. The van der Waals surface area contributed by atoms with E-state index in [1.807, 2.05) is 12.1 Å². The lowest BCUT2D eigenvalue weighted by Gasteiger charge is -2.33. The molecule has 1 aromatic rings. The molecule has 100 valence electrons. The fraction of sp³-hybridized carbons (Fsp3) is 0.533. The number of rotatable bonds is 3. The summed E-state index contributed by atoms with van der Waals surface area (Å²) >= 11 is 5.91. The van der Waals surface area contributed by atoms with Gasteiger partial charge in [-0.2, -0.15) is 5.26 Å². The molecule has 1 heterocycles. The molecule has 1 aliphatic carbocycles. The van der Waals surface area contributed by atoms with Gasteiger partial charge < -0.3 is 10.2 Å². The highest BCUT2D eigenvalue weighted by atomic mass is 35.5. The summed E-state index contributed by atoms with van der Waals surface area (Å²) in [4.78, 5) is 2.60. The molecular formula is C15H18ClN3. The number of likely N-dealkylation sites (tertiary alicyclic amines) is 1. The third-order valence-corrected chi connectivity index (χ3v) is 4.29. The normalized spacial score (nSPS) is 21.1. The van der Waals surface area contributed by atoms with E-state index in [9.17, 15) is 0 Å². The van der Waals surface area contributed by atoms with Crippen molar-refractivity contribution in [3.05, 3.63) is 28.8 Å². The average Bonchev–Trinajstić information content (AvgIpc) is 3.26. The van der Waals surface area contributed by atoms with Gasteiger partial charge in [-0.15, -0.1) is 0 Å². The van der Waals surface area contributed by atoms with Crippen LogP contribution in [0.15, 0.2) is 18.2 Å². The Balaban J connectivity index is 1.61. The summed E-state index contributed by atoms with van der Waals surface area (Å²) in [7, 11) is 0. The number of hydrogen-bond donors (Lipinski definition) is 1. The van der Waals surface area contributed by atoms with Gasteiger partial charge in [-0.05, 0) is 43.9 Å². The number of nitrogens with zero attached hydrogens (tertiary/aromatic N) is 2. The van der Waals surface area contributed by atoms with E-state index in [-0.39, 0.29) is 0 Å². The zero-order valence-corrected chi connectivity index (χ0v) is 11.7. The fourth-order valence-electron chi connectivity index (χ4n) is 2.80. The maximum atomic E-state index is 9.14. The second-order valence-corrected chi connectivity index (χ2v) is 5.92. The van der Waals surface area contributed by atoms with Crippen LogP contribution >= 0.6 is 11.6 Å². The van der Waals surface area contributed by atoms with Crippen LogP contribution in [0.4, 0.5) is 5.69 Å². The molecule has 0 amide bonds. The largest absolute Gasteiger partial charge is 0.381 e. The highest BCUT2D eigenvalue weighted by Crippen LogP contribution is 2.30. The molecule has 0 unspecified atom stereocenters. The zero-order valence-electron chi connectivity index (χ0n) is 10.9. The molecule has 2 aliphatic rings. The molecule has 0 atom stereocenters. The number of hydrogen-bond acceptors (Lipinski definition) is 3. The first-order valence-electron chi connectivity index (χ1n) is 6.96. The fourth-order valence-corrected chi connectivity index (χ4v) is 2.98. The number of halogens is 1. The molecule has 0 radical (unpaired) electrons. The van der Waals surface area contributed by atoms with Crippen molar-refractivity contribution in [2.45, 2.75) is 37.8 Å². The van der Waals surface area contributed by atoms with Crippen LogP contribution in [0.2, 0.25) is 5.02 Å². The van der Waals surface area contributed by atoms with Gasteiger partial charge in [0.25, 0.3) is 0 Å². The van der Waals surface area contributed by atoms with Crippen LogP contribution in [-0.2, 0) is 0 Å². The molecular weight excluding hydrogens is 258 g/mol. The Morgan fingerprint density at radius 1 is 1.21 bits per heavy atom. The van der Waals surface area contributed by atoms with Crippen molar-refractivity contribution in [3.63, 3.8) is 0 Å². The molecule has 3 rings (SSSR count). The van der Waals surface area contributed by atoms with E-state index in [2.05, 4.69) is 16.3 Å². The third kappa shape index (κ3) is 3.02. The molecule has 1 saturated carbocycles. The van der Waals surface area contributed by atoms with E-state index >= 15 is 0 Å². The number of benzene rings is 1. The molecule has 1 N–H and O–H groups in total. The van der Waals surface area contributed by atoms with Gasteiger partial charge in [0.05, 0.1) is 11.3 Å². The maximum Gasteiger partial charge on any atom is 0.101 e. The summed E-state index contributed by atoms with van der Waals surface area (Å²) in [6.45, 7) is 2.36. The number of anilines is 1. The second kappa shape index (κ2) is 5.40. The highest BCUT2D eigenvalue weighted by molar-refractivity contribution is 6.30. The summed E-state index contributed by atoms with van der Waals surface area (Å²) in [6, 6.07) is 9.02. The lowest BCUT2D eigenvalue weighted by atomic mass is 10.0. The lowest BCUT2D eigenvalue weighted by molar-refractivity contribution is 0.210. The maximum absolute atomic E-state index is 9.14. The van der Waals surface area contributed by atoms with E-state index in [0.717, 1.165) is 24.6 Å². The van der Waals surface area contributed by atoms with Crippen molar-refractivity contribution >= 4 is 17.3 Å². The molecule has 2 fully saturated rings. The Labute approximate surface area is 119 Å². The van der Waals surface area contributed by atoms with Crippen molar-refractivity contribution < 1.29 is 0 Å². The van der Waals surface area contributed by atoms with Crippen LogP contribution < -0.4 is 5.32 Å². The van der Waals surface area contributed by atoms with E-state index < -0.39 is 0 Å². The standard InChI is InChI=1S/C15H18ClN3/c16-12-1-4-15(11(9-12)10-17)18-13-5-7-19(8-6-13)14-2-3-14/h1,4,9,13-14,18H,2-3,5-8H2. The van der Waals surface area contributed by atoms with Gasteiger partial charge in [0, 0.05) is 30.2 Å². The summed E-state index contributed by atoms with van der Waals surface area (Å²) in [5.41, 5.74) is 1.55. The smallest absolute Gasteiger partial charge is 0.101 e. The molecule has 0 aromatic heterocycles. The molecule has 3 nitrogen and oxygen atoms in total. The third-order valence-electron chi connectivity index (χ3n) is 4.05. The molecule has 19 heavy (non-hydrogen) atoms. The van der Waals surface area contributed by atoms with Crippen molar-refractivity contribution in [1.82, 2.24) is 4.90 Å². The Morgan fingerprint density at radius 3 is 2.58 bits per heavy atom.